The fourth-order valence-electron chi connectivity index (χ4n) is 1.96. The van der Waals surface area contributed by atoms with Gasteiger partial charge >= 0.3 is 0 Å². The molecule has 0 aliphatic rings. The lowest BCUT2D eigenvalue weighted by Gasteiger charge is -2.17. The summed E-state index contributed by atoms with van der Waals surface area (Å²) in [6.45, 7) is 9.84. The quantitative estimate of drug-likeness (QED) is 0.787. The number of hydrogen-bond acceptors (Lipinski definition) is 3. The van der Waals surface area contributed by atoms with Gasteiger partial charge in [0, 0.05) is 19.3 Å². The Morgan fingerprint density at radius 1 is 1.22 bits per heavy atom. The maximum atomic E-state index is 5.61. The van der Waals surface area contributed by atoms with Crippen LogP contribution in [-0.2, 0) is 19.6 Å². The van der Waals surface area contributed by atoms with E-state index in [4.69, 9.17) is 4.42 Å². The van der Waals surface area contributed by atoms with Crippen LogP contribution in [0.1, 0.15) is 31.1 Å². The molecule has 4 heteroatoms. The van der Waals surface area contributed by atoms with Crippen molar-refractivity contribution in [2.45, 2.75) is 40.4 Å². The van der Waals surface area contributed by atoms with Crippen LogP contribution < -0.4 is 0 Å². The first-order chi connectivity index (χ1) is 8.71. The Hall–Kier alpha value is -1.55. The Balaban J connectivity index is 1.96. The number of hydrogen-bond donors (Lipinski definition) is 0. The van der Waals surface area contributed by atoms with Crippen molar-refractivity contribution in [1.29, 1.82) is 0 Å². The van der Waals surface area contributed by atoms with E-state index in [0.29, 0.717) is 0 Å². The van der Waals surface area contributed by atoms with Crippen LogP contribution in [0.4, 0.5) is 0 Å². The van der Waals surface area contributed by atoms with E-state index in [1.54, 1.807) is 0 Å². The first-order valence-corrected chi connectivity index (χ1v) is 6.51. The van der Waals surface area contributed by atoms with Gasteiger partial charge in [0.15, 0.2) is 0 Å². The summed E-state index contributed by atoms with van der Waals surface area (Å²) >= 11 is 0. The molecule has 0 aliphatic carbocycles. The molecule has 0 fully saturated rings. The van der Waals surface area contributed by atoms with E-state index in [2.05, 4.69) is 29.9 Å². The van der Waals surface area contributed by atoms with E-state index in [1.807, 2.05) is 29.9 Å². The zero-order chi connectivity index (χ0) is 13.0. The fourth-order valence-corrected chi connectivity index (χ4v) is 1.96. The number of aromatic nitrogens is 2. The molecule has 2 rings (SSSR count). The topological polar surface area (TPSA) is 34.2 Å². The maximum absolute atomic E-state index is 5.61. The second-order valence-electron chi connectivity index (χ2n) is 4.48. The van der Waals surface area contributed by atoms with Crippen LogP contribution >= 0.6 is 0 Å². The average Bonchev–Trinajstić information content (AvgIpc) is 2.97. The van der Waals surface area contributed by atoms with Gasteiger partial charge in [0.25, 0.3) is 0 Å². The summed E-state index contributed by atoms with van der Waals surface area (Å²) in [5, 5.41) is 4.51. The van der Waals surface area contributed by atoms with E-state index in [9.17, 15) is 0 Å². The largest absolute Gasteiger partial charge is 0.465 e. The van der Waals surface area contributed by atoms with E-state index in [0.717, 1.165) is 43.4 Å². The normalized spacial score (nSPS) is 11.3. The van der Waals surface area contributed by atoms with Crippen molar-refractivity contribution in [3.05, 3.63) is 41.6 Å². The fraction of sp³-hybridized carbons (Fsp3) is 0.500. The van der Waals surface area contributed by atoms with Crippen LogP contribution in [0.3, 0.4) is 0 Å². The third-order valence-electron chi connectivity index (χ3n) is 3.03. The summed E-state index contributed by atoms with van der Waals surface area (Å²) in [6.07, 6.45) is 2.03. The van der Waals surface area contributed by atoms with E-state index in [-0.39, 0.29) is 0 Å². The summed E-state index contributed by atoms with van der Waals surface area (Å²) in [5.74, 6) is 1.99. The lowest BCUT2D eigenvalue weighted by molar-refractivity contribution is 0.242. The Morgan fingerprint density at radius 2 is 2.06 bits per heavy atom. The zero-order valence-electron chi connectivity index (χ0n) is 11.4. The molecule has 0 unspecified atom stereocenters. The van der Waals surface area contributed by atoms with Crippen LogP contribution in [0.15, 0.2) is 28.8 Å². The molecule has 2 heterocycles. The zero-order valence-corrected chi connectivity index (χ0v) is 11.4. The molecule has 0 bridgehead atoms. The van der Waals surface area contributed by atoms with Gasteiger partial charge in [0.1, 0.15) is 11.5 Å². The molecule has 0 N–H and O–H groups in total. The second-order valence-corrected chi connectivity index (χ2v) is 4.48. The van der Waals surface area contributed by atoms with E-state index < -0.39 is 0 Å². The van der Waals surface area contributed by atoms with Crippen molar-refractivity contribution in [2.75, 3.05) is 6.54 Å². The Morgan fingerprint density at radius 3 is 2.61 bits per heavy atom. The van der Waals surface area contributed by atoms with Crippen LogP contribution in [-0.4, -0.2) is 21.2 Å². The molecule has 0 aromatic carbocycles. The third-order valence-corrected chi connectivity index (χ3v) is 3.03. The highest BCUT2D eigenvalue weighted by Crippen LogP contribution is 2.11. The summed E-state index contributed by atoms with van der Waals surface area (Å²) < 4.78 is 7.57. The summed E-state index contributed by atoms with van der Waals surface area (Å²) in [7, 11) is 0. The Kier molecular flexibility index (Phi) is 4.20. The number of furan rings is 1. The van der Waals surface area contributed by atoms with Gasteiger partial charge in [-0.15, -0.1) is 0 Å². The molecule has 0 spiro atoms. The minimum Gasteiger partial charge on any atom is -0.465 e. The molecule has 0 saturated carbocycles. The monoisotopic (exact) mass is 247 g/mol. The van der Waals surface area contributed by atoms with Crippen molar-refractivity contribution < 1.29 is 4.42 Å². The van der Waals surface area contributed by atoms with Crippen LogP contribution in [0.25, 0.3) is 0 Å². The second kappa shape index (κ2) is 5.87. The van der Waals surface area contributed by atoms with Crippen LogP contribution in [0.2, 0.25) is 0 Å². The van der Waals surface area contributed by atoms with Crippen molar-refractivity contribution in [3.8, 4) is 0 Å². The highest BCUT2D eigenvalue weighted by Gasteiger charge is 2.09. The van der Waals surface area contributed by atoms with Crippen molar-refractivity contribution in [1.82, 2.24) is 14.7 Å². The third kappa shape index (κ3) is 3.23. The van der Waals surface area contributed by atoms with Crippen molar-refractivity contribution >= 4 is 0 Å². The highest BCUT2D eigenvalue weighted by atomic mass is 16.3. The maximum Gasteiger partial charge on any atom is 0.118 e. The standard InChI is InChI=1S/C14H21N3O/c1-4-16(11-14-7-6-12(3)18-14)10-13-8-9-17(5-2)15-13/h6-9H,4-5,10-11H2,1-3H3. The number of rotatable bonds is 6. The van der Waals surface area contributed by atoms with Crippen molar-refractivity contribution in [3.63, 3.8) is 0 Å². The van der Waals surface area contributed by atoms with Gasteiger partial charge in [-0.3, -0.25) is 9.58 Å². The minimum atomic E-state index is 0.837. The smallest absolute Gasteiger partial charge is 0.118 e. The molecule has 4 nitrogen and oxygen atoms in total. The van der Waals surface area contributed by atoms with Gasteiger partial charge in [-0.05, 0) is 38.6 Å². The molecule has 0 saturated heterocycles. The molecular weight excluding hydrogens is 226 g/mol. The average molecular weight is 247 g/mol. The Labute approximate surface area is 108 Å². The minimum absolute atomic E-state index is 0.837. The summed E-state index contributed by atoms with van der Waals surface area (Å²) in [4.78, 5) is 2.32. The van der Waals surface area contributed by atoms with Gasteiger partial charge in [-0.1, -0.05) is 6.92 Å². The predicted molar refractivity (Wildman–Crippen MR) is 71.1 cm³/mol. The molecule has 0 atom stereocenters. The van der Waals surface area contributed by atoms with Crippen LogP contribution in [0, 0.1) is 6.92 Å². The highest BCUT2D eigenvalue weighted by molar-refractivity contribution is 5.06. The molecule has 2 aromatic heterocycles. The van der Waals surface area contributed by atoms with Gasteiger partial charge < -0.3 is 4.42 Å². The summed E-state index contributed by atoms with van der Waals surface area (Å²) in [5.41, 5.74) is 1.11. The predicted octanol–water partition coefficient (Wildman–Crippen LogP) is 2.83. The van der Waals surface area contributed by atoms with Crippen LogP contribution in [0.5, 0.6) is 0 Å². The molecule has 98 valence electrons. The molecular formula is C14H21N3O. The molecule has 18 heavy (non-hydrogen) atoms. The van der Waals surface area contributed by atoms with Gasteiger partial charge in [0.05, 0.1) is 12.2 Å². The SMILES string of the molecule is CCN(Cc1ccn(CC)n1)Cc1ccc(C)o1. The molecule has 0 radical (unpaired) electrons. The number of nitrogens with zero attached hydrogens (tertiary/aromatic N) is 3. The first-order valence-electron chi connectivity index (χ1n) is 6.51. The Bertz CT molecular complexity index is 487. The van der Waals surface area contributed by atoms with E-state index >= 15 is 0 Å². The molecule has 0 aliphatic heterocycles. The number of aryl methyl sites for hydroxylation is 2. The lowest BCUT2D eigenvalue weighted by Crippen LogP contribution is -2.22. The van der Waals surface area contributed by atoms with Crippen molar-refractivity contribution in [2.24, 2.45) is 0 Å². The van der Waals surface area contributed by atoms with Gasteiger partial charge in [-0.25, -0.2) is 0 Å². The van der Waals surface area contributed by atoms with Gasteiger partial charge in [0.2, 0.25) is 0 Å². The molecule has 0 amide bonds. The van der Waals surface area contributed by atoms with Gasteiger partial charge in [-0.2, -0.15) is 5.10 Å². The summed E-state index contributed by atoms with van der Waals surface area (Å²) in [6, 6.07) is 6.14. The van der Waals surface area contributed by atoms with E-state index in [1.165, 1.54) is 0 Å². The first kappa shape index (κ1) is 12.9. The molecule has 2 aromatic rings. The lowest BCUT2D eigenvalue weighted by atomic mass is 10.3.